The zero-order valence-corrected chi connectivity index (χ0v) is 15.1. The number of carbonyl (C=O) groups is 2. The molecule has 1 aromatic carbocycles. The number of esters is 1. The van der Waals surface area contributed by atoms with E-state index in [1.54, 1.807) is 26.0 Å². The number of nitrogens with zero attached hydrogens (tertiary/aromatic N) is 2. The fourth-order valence-corrected chi connectivity index (χ4v) is 2.11. The van der Waals surface area contributed by atoms with E-state index in [1.807, 2.05) is 12.1 Å². The van der Waals surface area contributed by atoms with Crippen LogP contribution in [-0.4, -0.2) is 28.1 Å². The summed E-state index contributed by atoms with van der Waals surface area (Å²) in [6, 6.07) is 6.52. The molecule has 134 valence electrons. The highest BCUT2D eigenvalue weighted by molar-refractivity contribution is 5.96. The molecular weight excluding hydrogens is 322 g/mol. The molecule has 1 heterocycles. The number of rotatable bonds is 5. The van der Waals surface area contributed by atoms with E-state index < -0.39 is 12.0 Å². The van der Waals surface area contributed by atoms with Gasteiger partial charge in [-0.2, -0.15) is 0 Å². The summed E-state index contributed by atoms with van der Waals surface area (Å²) in [4.78, 5) is 24.2. The second kappa shape index (κ2) is 7.46. The number of ether oxygens (including phenoxy) is 1. The topological polar surface area (TPSA) is 94.3 Å². The van der Waals surface area contributed by atoms with Crippen LogP contribution >= 0.6 is 0 Å². The summed E-state index contributed by atoms with van der Waals surface area (Å²) in [6.45, 7) is 9.39. The van der Waals surface area contributed by atoms with E-state index in [-0.39, 0.29) is 23.8 Å². The molecule has 25 heavy (non-hydrogen) atoms. The fraction of sp³-hybridized carbons (Fsp3) is 0.444. The molecule has 0 unspecified atom stereocenters. The second-order valence-corrected chi connectivity index (χ2v) is 6.85. The van der Waals surface area contributed by atoms with E-state index in [2.05, 4.69) is 36.3 Å². The van der Waals surface area contributed by atoms with Crippen molar-refractivity contribution in [3.63, 3.8) is 0 Å². The minimum absolute atomic E-state index is 0.0131. The molecule has 7 heteroatoms. The maximum absolute atomic E-state index is 12.2. The summed E-state index contributed by atoms with van der Waals surface area (Å²) < 4.78 is 10.2. The summed E-state index contributed by atoms with van der Waals surface area (Å²) in [5, 5.41) is 9.99. The number of benzene rings is 1. The van der Waals surface area contributed by atoms with Crippen molar-refractivity contribution in [2.75, 3.05) is 0 Å². The van der Waals surface area contributed by atoms with Gasteiger partial charge >= 0.3 is 5.97 Å². The van der Waals surface area contributed by atoms with Crippen LogP contribution in [0.1, 0.15) is 55.4 Å². The summed E-state index contributed by atoms with van der Waals surface area (Å²) in [6.07, 6.45) is 0. The van der Waals surface area contributed by atoms with Crippen molar-refractivity contribution in [1.82, 2.24) is 15.5 Å². The Morgan fingerprint density at radius 2 is 1.84 bits per heavy atom. The second-order valence-electron chi connectivity index (χ2n) is 6.85. The minimum Gasteiger partial charge on any atom is -0.454 e. The van der Waals surface area contributed by atoms with Crippen molar-refractivity contribution in [1.29, 1.82) is 0 Å². The third kappa shape index (κ3) is 5.14. The number of aryl methyl sites for hydroxylation is 1. The maximum Gasteiger partial charge on any atom is 0.328 e. The lowest BCUT2D eigenvalue weighted by Crippen LogP contribution is -2.39. The number of hydrogen-bond acceptors (Lipinski definition) is 6. The molecule has 0 fully saturated rings. The summed E-state index contributed by atoms with van der Waals surface area (Å²) in [5.74, 6) is -0.303. The van der Waals surface area contributed by atoms with E-state index in [0.717, 1.165) is 5.56 Å². The van der Waals surface area contributed by atoms with Crippen molar-refractivity contribution in [3.05, 3.63) is 47.2 Å². The van der Waals surface area contributed by atoms with Crippen LogP contribution in [0.4, 0.5) is 0 Å². The van der Waals surface area contributed by atoms with Gasteiger partial charge in [-0.15, -0.1) is 10.2 Å². The Balaban J connectivity index is 1.89. The molecule has 0 saturated heterocycles. The van der Waals surface area contributed by atoms with E-state index in [4.69, 9.17) is 9.15 Å². The number of carbonyl (C=O) groups excluding carboxylic acids is 2. The lowest BCUT2D eigenvalue weighted by molar-refractivity contribution is -0.147. The molecule has 0 spiro atoms. The van der Waals surface area contributed by atoms with Crippen LogP contribution in [0.2, 0.25) is 0 Å². The molecule has 0 aliphatic heterocycles. The molecule has 0 radical (unpaired) electrons. The van der Waals surface area contributed by atoms with Gasteiger partial charge in [-0.05, 0) is 30.0 Å². The number of hydrogen-bond donors (Lipinski definition) is 1. The van der Waals surface area contributed by atoms with Crippen LogP contribution in [0.25, 0.3) is 0 Å². The fourth-order valence-electron chi connectivity index (χ4n) is 2.11. The van der Waals surface area contributed by atoms with E-state index in [0.29, 0.717) is 11.5 Å². The third-order valence-corrected chi connectivity index (χ3v) is 3.62. The van der Waals surface area contributed by atoms with Crippen molar-refractivity contribution < 1.29 is 18.7 Å². The minimum atomic E-state index is -0.793. The average Bonchev–Trinajstić information content (AvgIpc) is 2.97. The predicted octanol–water partition coefficient (Wildman–Crippen LogP) is 2.54. The van der Waals surface area contributed by atoms with Gasteiger partial charge in [0.1, 0.15) is 6.04 Å². The van der Waals surface area contributed by atoms with E-state index >= 15 is 0 Å². The Morgan fingerprint density at radius 1 is 1.20 bits per heavy atom. The predicted molar refractivity (Wildman–Crippen MR) is 90.9 cm³/mol. The molecule has 0 bridgehead atoms. The Labute approximate surface area is 146 Å². The molecule has 0 aliphatic rings. The normalized spacial score (nSPS) is 12.5. The van der Waals surface area contributed by atoms with Crippen LogP contribution in [0, 0.1) is 6.92 Å². The Hall–Kier alpha value is -2.70. The zero-order valence-electron chi connectivity index (χ0n) is 15.1. The van der Waals surface area contributed by atoms with E-state index in [1.165, 1.54) is 0 Å². The molecule has 1 aromatic heterocycles. The van der Waals surface area contributed by atoms with Crippen LogP contribution in [0.3, 0.4) is 0 Å². The molecule has 7 nitrogen and oxygen atoms in total. The monoisotopic (exact) mass is 345 g/mol. The Morgan fingerprint density at radius 3 is 2.36 bits per heavy atom. The molecule has 1 amide bonds. The van der Waals surface area contributed by atoms with Crippen LogP contribution in [0.15, 0.2) is 28.7 Å². The van der Waals surface area contributed by atoms with Gasteiger partial charge in [-0.1, -0.05) is 32.9 Å². The van der Waals surface area contributed by atoms with Gasteiger partial charge in [-0.3, -0.25) is 4.79 Å². The quantitative estimate of drug-likeness (QED) is 0.837. The third-order valence-electron chi connectivity index (χ3n) is 3.62. The summed E-state index contributed by atoms with van der Waals surface area (Å²) >= 11 is 0. The molecule has 1 atom stereocenters. The SMILES string of the molecule is Cc1nnc(COC(=O)[C@H](C)NC(=O)c2ccc(C(C)(C)C)cc2)o1. The number of nitrogens with one attached hydrogen (secondary N) is 1. The lowest BCUT2D eigenvalue weighted by Gasteiger charge is -2.19. The molecular formula is C18H23N3O4. The van der Waals surface area contributed by atoms with Crippen molar-refractivity contribution >= 4 is 11.9 Å². The Kier molecular flexibility index (Phi) is 5.56. The standard InChI is InChI=1S/C18H23N3O4/c1-11(17(23)24-10-15-21-20-12(2)25-15)19-16(22)13-6-8-14(9-7-13)18(3,4)5/h6-9,11H,10H2,1-5H3,(H,19,22)/t11-/m0/s1. The summed E-state index contributed by atoms with van der Waals surface area (Å²) in [5.41, 5.74) is 1.63. The van der Waals surface area contributed by atoms with Crippen molar-refractivity contribution in [3.8, 4) is 0 Å². The highest BCUT2D eigenvalue weighted by Gasteiger charge is 2.20. The van der Waals surface area contributed by atoms with Crippen LogP contribution < -0.4 is 5.32 Å². The molecule has 1 N–H and O–H groups in total. The first-order valence-corrected chi connectivity index (χ1v) is 8.04. The van der Waals surface area contributed by atoms with Gasteiger partial charge in [-0.25, -0.2) is 4.79 Å². The van der Waals surface area contributed by atoms with Crippen molar-refractivity contribution in [2.45, 2.75) is 52.7 Å². The summed E-state index contributed by atoms with van der Waals surface area (Å²) in [7, 11) is 0. The number of aromatic nitrogens is 2. The van der Waals surface area contributed by atoms with E-state index in [9.17, 15) is 9.59 Å². The highest BCUT2D eigenvalue weighted by atomic mass is 16.5. The highest BCUT2D eigenvalue weighted by Crippen LogP contribution is 2.22. The molecule has 2 aromatic rings. The average molecular weight is 345 g/mol. The lowest BCUT2D eigenvalue weighted by atomic mass is 9.86. The zero-order chi connectivity index (χ0) is 18.6. The van der Waals surface area contributed by atoms with Gasteiger partial charge in [0.25, 0.3) is 11.8 Å². The first kappa shape index (κ1) is 18.6. The molecule has 0 aliphatic carbocycles. The van der Waals surface area contributed by atoms with Gasteiger partial charge in [0, 0.05) is 12.5 Å². The molecule has 2 rings (SSSR count). The van der Waals surface area contributed by atoms with Crippen LogP contribution in [-0.2, 0) is 21.6 Å². The van der Waals surface area contributed by atoms with Gasteiger partial charge in [0.05, 0.1) is 0 Å². The largest absolute Gasteiger partial charge is 0.454 e. The number of amides is 1. The van der Waals surface area contributed by atoms with Gasteiger partial charge < -0.3 is 14.5 Å². The van der Waals surface area contributed by atoms with Gasteiger partial charge in [0.15, 0.2) is 6.61 Å². The smallest absolute Gasteiger partial charge is 0.328 e. The Bertz CT molecular complexity index is 744. The molecule has 0 saturated carbocycles. The maximum atomic E-state index is 12.2. The van der Waals surface area contributed by atoms with Crippen molar-refractivity contribution in [2.24, 2.45) is 0 Å². The van der Waals surface area contributed by atoms with Gasteiger partial charge in [0.2, 0.25) is 5.89 Å². The van der Waals surface area contributed by atoms with Crippen LogP contribution in [0.5, 0.6) is 0 Å². The first-order chi connectivity index (χ1) is 11.7. The first-order valence-electron chi connectivity index (χ1n) is 8.04.